The second-order valence-corrected chi connectivity index (χ2v) is 10.1. The van der Waals surface area contributed by atoms with Gasteiger partial charge in [-0.2, -0.15) is 5.10 Å². The Morgan fingerprint density at radius 2 is 1.77 bits per heavy atom. The van der Waals surface area contributed by atoms with Crippen molar-refractivity contribution >= 4 is 23.3 Å². The van der Waals surface area contributed by atoms with Crippen LogP contribution in [-0.2, 0) is 19.6 Å². The number of hydrogen-bond acceptors (Lipinski definition) is 6. The number of thiophene rings is 1. The van der Waals surface area contributed by atoms with Crippen LogP contribution < -0.4 is 5.32 Å². The molecule has 1 aliphatic heterocycles. The zero-order valence-corrected chi connectivity index (χ0v) is 21.7. The second kappa shape index (κ2) is 10.5. The largest absolute Gasteiger partial charge is 0.465 e. The van der Waals surface area contributed by atoms with Crippen LogP contribution in [0.1, 0.15) is 16.2 Å². The van der Waals surface area contributed by atoms with Crippen molar-refractivity contribution in [3.8, 4) is 33.2 Å². The highest BCUT2D eigenvalue weighted by molar-refractivity contribution is 7.13. The van der Waals surface area contributed by atoms with Gasteiger partial charge >= 0.3 is 6.09 Å². The fraction of sp³-hybridized carbons (Fsp3) is 0.179. The molecule has 0 radical (unpaired) electrons. The number of nitrogens with one attached hydrogen (secondary N) is 1. The molecular formula is C28H25N7O3S. The summed E-state index contributed by atoms with van der Waals surface area (Å²) in [5.74, 6) is 1.29. The first-order valence-corrected chi connectivity index (χ1v) is 13.4. The lowest BCUT2D eigenvalue weighted by Gasteiger charge is -2.28. The van der Waals surface area contributed by atoms with Crippen molar-refractivity contribution in [2.45, 2.75) is 19.6 Å². The van der Waals surface area contributed by atoms with Crippen molar-refractivity contribution in [2.24, 2.45) is 0 Å². The molecule has 196 valence electrons. The molecule has 6 rings (SSSR count). The lowest BCUT2D eigenvalue weighted by Crippen LogP contribution is -2.38. The predicted octanol–water partition coefficient (Wildman–Crippen LogP) is 4.46. The van der Waals surface area contributed by atoms with Gasteiger partial charge in [0.2, 0.25) is 0 Å². The molecule has 0 saturated heterocycles. The molecule has 39 heavy (non-hydrogen) atoms. The van der Waals surface area contributed by atoms with Crippen molar-refractivity contribution in [3.05, 3.63) is 89.6 Å². The summed E-state index contributed by atoms with van der Waals surface area (Å²) < 4.78 is 3.76. The Morgan fingerprint density at radius 1 is 0.949 bits per heavy atom. The normalized spacial score (nSPS) is 12.8. The van der Waals surface area contributed by atoms with Crippen molar-refractivity contribution in [2.75, 3.05) is 13.1 Å². The number of hydrogen-bond donors (Lipinski definition) is 2. The van der Waals surface area contributed by atoms with Gasteiger partial charge in [0.1, 0.15) is 5.69 Å². The first-order chi connectivity index (χ1) is 19.1. The van der Waals surface area contributed by atoms with Crippen LogP contribution in [0, 0.1) is 0 Å². The van der Waals surface area contributed by atoms with E-state index in [9.17, 15) is 9.59 Å². The van der Waals surface area contributed by atoms with E-state index in [-0.39, 0.29) is 12.5 Å². The summed E-state index contributed by atoms with van der Waals surface area (Å²) in [7, 11) is 0. The number of carboxylic acid groups (broad SMARTS) is 1. The van der Waals surface area contributed by atoms with E-state index in [4.69, 9.17) is 10.2 Å². The first-order valence-electron chi connectivity index (χ1n) is 12.5. The number of nitrogens with zero attached hydrogens (tertiary/aromatic N) is 6. The molecule has 3 aromatic heterocycles. The van der Waals surface area contributed by atoms with E-state index in [1.54, 1.807) is 20.9 Å². The molecule has 0 unspecified atom stereocenters. The highest BCUT2D eigenvalue weighted by Crippen LogP contribution is 2.28. The van der Waals surface area contributed by atoms with Crippen molar-refractivity contribution in [3.63, 3.8) is 0 Å². The van der Waals surface area contributed by atoms with E-state index in [1.165, 1.54) is 4.88 Å². The van der Waals surface area contributed by atoms with Crippen molar-refractivity contribution in [1.82, 2.24) is 34.8 Å². The van der Waals surface area contributed by atoms with Gasteiger partial charge in [-0.15, -0.1) is 21.5 Å². The Kier molecular flexibility index (Phi) is 6.64. The number of carbonyl (C=O) groups excluding carboxylic acids is 1. The summed E-state index contributed by atoms with van der Waals surface area (Å²) >= 11 is 1.67. The molecule has 0 saturated carbocycles. The van der Waals surface area contributed by atoms with Crippen LogP contribution in [0.3, 0.4) is 0 Å². The molecule has 0 fully saturated rings. The Balaban J connectivity index is 1.24. The number of benzene rings is 2. The minimum absolute atomic E-state index is 0.0420. The maximum atomic E-state index is 13.3. The Labute approximate surface area is 228 Å². The van der Waals surface area contributed by atoms with E-state index < -0.39 is 6.09 Å². The monoisotopic (exact) mass is 539 g/mol. The zero-order chi connectivity index (χ0) is 26.8. The number of fused-ring (bicyclic) bond motifs is 1. The molecule has 4 heterocycles. The van der Waals surface area contributed by atoms with E-state index in [1.807, 2.05) is 76.7 Å². The summed E-state index contributed by atoms with van der Waals surface area (Å²) in [5.41, 5.74) is 4.18. The third kappa shape index (κ3) is 5.04. The number of carbonyl (C=O) groups is 2. The smallest absolute Gasteiger partial charge is 0.404 e. The van der Waals surface area contributed by atoms with E-state index >= 15 is 0 Å². The third-order valence-corrected chi connectivity index (χ3v) is 7.58. The molecule has 1 aliphatic rings. The minimum Gasteiger partial charge on any atom is -0.465 e. The Bertz CT molecular complexity index is 1610. The van der Waals surface area contributed by atoms with Gasteiger partial charge in [-0.1, -0.05) is 48.5 Å². The molecule has 2 N–H and O–H groups in total. The van der Waals surface area contributed by atoms with Gasteiger partial charge < -0.3 is 19.9 Å². The molecular weight excluding hydrogens is 514 g/mol. The molecule has 2 amide bonds. The van der Waals surface area contributed by atoms with Crippen LogP contribution in [0.2, 0.25) is 0 Å². The van der Waals surface area contributed by atoms with Crippen LogP contribution in [0.15, 0.2) is 78.2 Å². The van der Waals surface area contributed by atoms with Gasteiger partial charge in [0.05, 0.1) is 18.8 Å². The maximum Gasteiger partial charge on any atom is 0.404 e. The van der Waals surface area contributed by atoms with Gasteiger partial charge in [0, 0.05) is 35.6 Å². The lowest BCUT2D eigenvalue weighted by molar-refractivity contribution is 0.0708. The molecule has 0 spiro atoms. The van der Waals surface area contributed by atoms with E-state index in [0.29, 0.717) is 43.4 Å². The van der Waals surface area contributed by atoms with Gasteiger partial charge in [-0.05, 0) is 35.2 Å². The fourth-order valence-corrected chi connectivity index (χ4v) is 5.44. The quantitative estimate of drug-likeness (QED) is 0.315. The van der Waals surface area contributed by atoms with Crippen LogP contribution in [0.25, 0.3) is 33.2 Å². The van der Waals surface area contributed by atoms with Crippen LogP contribution in [0.4, 0.5) is 4.79 Å². The molecule has 0 aliphatic carbocycles. The van der Waals surface area contributed by atoms with Gasteiger partial charge in [-0.3, -0.25) is 9.48 Å². The van der Waals surface area contributed by atoms with Crippen LogP contribution >= 0.6 is 11.3 Å². The molecule has 5 aromatic rings. The van der Waals surface area contributed by atoms with E-state index in [0.717, 1.165) is 22.5 Å². The average Bonchev–Trinajstić information content (AvgIpc) is 3.73. The molecule has 10 nitrogen and oxygen atoms in total. The summed E-state index contributed by atoms with van der Waals surface area (Å²) in [6.45, 7) is 1.94. The molecule has 11 heteroatoms. The lowest BCUT2D eigenvalue weighted by atomic mass is 10.1. The highest BCUT2D eigenvalue weighted by Gasteiger charge is 2.27. The van der Waals surface area contributed by atoms with Gasteiger partial charge in [-0.25, -0.2) is 4.79 Å². The zero-order valence-electron chi connectivity index (χ0n) is 20.9. The minimum atomic E-state index is -1.09. The van der Waals surface area contributed by atoms with Crippen LogP contribution in [-0.4, -0.2) is 59.6 Å². The Hall–Kier alpha value is -4.77. The van der Waals surface area contributed by atoms with Crippen LogP contribution in [0.5, 0.6) is 0 Å². The third-order valence-electron chi connectivity index (χ3n) is 6.66. The van der Waals surface area contributed by atoms with Gasteiger partial charge in [0.25, 0.3) is 5.91 Å². The second-order valence-electron chi connectivity index (χ2n) is 9.11. The van der Waals surface area contributed by atoms with Crippen molar-refractivity contribution < 1.29 is 14.7 Å². The summed E-state index contributed by atoms with van der Waals surface area (Å²) in [6.07, 6.45) is -1.09. The maximum absolute atomic E-state index is 13.3. The number of aromatic nitrogens is 5. The highest BCUT2D eigenvalue weighted by atomic mass is 32.1. The first kappa shape index (κ1) is 24.6. The number of rotatable bonds is 7. The number of amides is 2. The van der Waals surface area contributed by atoms with E-state index in [2.05, 4.69) is 21.6 Å². The SMILES string of the molecule is O=C(O)NCCn1nc(-c2ccccc2)cc1-c1nnc2n1CCN(C(=O)c1ccc(-c3cccs3)cc1)C2. The summed E-state index contributed by atoms with van der Waals surface area (Å²) in [4.78, 5) is 27.2. The molecule has 0 atom stereocenters. The summed E-state index contributed by atoms with van der Waals surface area (Å²) in [6, 6.07) is 23.5. The predicted molar refractivity (Wildman–Crippen MR) is 147 cm³/mol. The average molecular weight is 540 g/mol. The molecule has 0 bridgehead atoms. The topological polar surface area (TPSA) is 118 Å². The van der Waals surface area contributed by atoms with Gasteiger partial charge in [0.15, 0.2) is 11.6 Å². The summed E-state index contributed by atoms with van der Waals surface area (Å²) in [5, 5.41) is 27.0. The van der Waals surface area contributed by atoms with Crippen molar-refractivity contribution in [1.29, 1.82) is 0 Å². The Morgan fingerprint density at radius 3 is 2.51 bits per heavy atom. The standard InChI is InChI=1S/C28H25N7O3S/c36-27(21-10-8-20(9-11-21)24-7-4-16-39-24)33-14-15-34-25(18-33)30-31-26(34)23-17-22(19-5-2-1-3-6-19)32-35(23)13-12-29-28(37)38/h1-11,16-17,29H,12-15,18H2,(H,37,38). The molecule has 2 aromatic carbocycles. The fourth-order valence-electron chi connectivity index (χ4n) is 4.71.